The van der Waals surface area contributed by atoms with Gasteiger partial charge in [-0.05, 0) is 23.8 Å². The number of methoxy groups -OCH3 is 1. The third-order valence-electron chi connectivity index (χ3n) is 4.81. The number of esters is 1. The van der Waals surface area contributed by atoms with Gasteiger partial charge in [0.1, 0.15) is 12.4 Å². The monoisotopic (exact) mass is 466 g/mol. The molecule has 0 amide bonds. The number of carbonyl (C=O) groups excluding carboxylic acids is 1. The highest BCUT2D eigenvalue weighted by atomic mass is 35.5. The number of nitrogens with one attached hydrogen (secondary N) is 1. The zero-order valence-corrected chi connectivity index (χ0v) is 18.7. The topological polar surface area (TPSA) is 69.7 Å². The Kier molecular flexibility index (Phi) is 6.60. The minimum Gasteiger partial charge on any atom is -0.493 e. The van der Waals surface area contributed by atoms with Crippen LogP contribution in [0.5, 0.6) is 17.2 Å². The molecule has 0 unspecified atom stereocenters. The quantitative estimate of drug-likeness (QED) is 0.255. The molecule has 0 saturated carbocycles. The van der Waals surface area contributed by atoms with Gasteiger partial charge in [0.2, 0.25) is 0 Å². The lowest BCUT2D eigenvalue weighted by Crippen LogP contribution is -2.04. The van der Waals surface area contributed by atoms with E-state index in [0.29, 0.717) is 34.7 Å². The van der Waals surface area contributed by atoms with Crippen molar-refractivity contribution in [3.63, 3.8) is 0 Å². The summed E-state index contributed by atoms with van der Waals surface area (Å²) in [6, 6.07) is 17.4. The van der Waals surface area contributed by atoms with Crippen molar-refractivity contribution in [3.8, 4) is 17.2 Å². The summed E-state index contributed by atoms with van der Waals surface area (Å²) in [6.07, 6.45) is 1.60. The highest BCUT2D eigenvalue weighted by Gasteiger charge is 2.15. The van der Waals surface area contributed by atoms with Gasteiger partial charge < -0.3 is 19.5 Å². The fourth-order valence-electron chi connectivity index (χ4n) is 3.27. The van der Waals surface area contributed by atoms with Crippen molar-refractivity contribution in [1.29, 1.82) is 0 Å². The van der Waals surface area contributed by atoms with Crippen molar-refractivity contribution in [2.75, 3.05) is 12.4 Å². The fraction of sp³-hybridized carbons (Fsp3) is 0.120. The van der Waals surface area contributed by atoms with Crippen LogP contribution in [0.4, 0.5) is 15.8 Å². The standard InChI is InChI=1S/C25H20ClFN2O4/c1-15(30)33-23-13-22(19(27)11-18(23)26)29-20-8-9-28-21-12-25(24(31-2)10-17(20)21)32-14-16-6-4-3-5-7-16/h3-13H,14H2,1-2H3,(H,28,29). The molecule has 1 aromatic heterocycles. The van der Waals surface area contributed by atoms with Gasteiger partial charge in [-0.25, -0.2) is 4.39 Å². The molecule has 0 aliphatic carbocycles. The maximum Gasteiger partial charge on any atom is 0.308 e. The van der Waals surface area contributed by atoms with E-state index in [1.54, 1.807) is 31.5 Å². The van der Waals surface area contributed by atoms with E-state index < -0.39 is 11.8 Å². The summed E-state index contributed by atoms with van der Waals surface area (Å²) in [5.41, 5.74) is 2.30. The van der Waals surface area contributed by atoms with Crippen LogP contribution >= 0.6 is 11.6 Å². The summed E-state index contributed by atoms with van der Waals surface area (Å²) >= 11 is 5.99. The predicted molar refractivity (Wildman–Crippen MR) is 125 cm³/mol. The molecule has 1 N–H and O–H groups in total. The van der Waals surface area contributed by atoms with Crippen LogP contribution < -0.4 is 19.5 Å². The van der Waals surface area contributed by atoms with E-state index in [4.69, 9.17) is 25.8 Å². The van der Waals surface area contributed by atoms with Gasteiger partial charge in [-0.2, -0.15) is 0 Å². The number of hydrogen-bond donors (Lipinski definition) is 1. The Morgan fingerprint density at radius 2 is 1.82 bits per heavy atom. The van der Waals surface area contributed by atoms with Crippen LogP contribution in [0, 0.1) is 5.82 Å². The second kappa shape index (κ2) is 9.75. The molecular formula is C25H20ClFN2O4. The van der Waals surface area contributed by atoms with E-state index in [1.165, 1.54) is 13.0 Å². The Hall–Kier alpha value is -3.84. The van der Waals surface area contributed by atoms with Gasteiger partial charge in [-0.3, -0.25) is 9.78 Å². The molecule has 4 aromatic rings. The maximum absolute atomic E-state index is 14.6. The number of rotatable bonds is 7. The van der Waals surface area contributed by atoms with Crippen molar-refractivity contribution in [2.45, 2.75) is 13.5 Å². The number of hydrogen-bond acceptors (Lipinski definition) is 6. The summed E-state index contributed by atoms with van der Waals surface area (Å²) in [7, 11) is 1.55. The van der Waals surface area contributed by atoms with E-state index in [0.717, 1.165) is 11.6 Å². The number of carbonyl (C=O) groups is 1. The van der Waals surface area contributed by atoms with E-state index in [2.05, 4.69) is 10.3 Å². The lowest BCUT2D eigenvalue weighted by Gasteiger charge is -2.15. The number of aromatic nitrogens is 1. The van der Waals surface area contributed by atoms with Crippen molar-refractivity contribution in [2.24, 2.45) is 0 Å². The molecule has 0 radical (unpaired) electrons. The summed E-state index contributed by atoms with van der Waals surface area (Å²) < 4.78 is 31.1. The van der Waals surface area contributed by atoms with Gasteiger partial charge in [-0.1, -0.05) is 41.9 Å². The summed E-state index contributed by atoms with van der Waals surface area (Å²) in [4.78, 5) is 15.7. The molecule has 3 aromatic carbocycles. The average molecular weight is 467 g/mol. The molecule has 0 aliphatic rings. The number of benzene rings is 3. The van der Waals surface area contributed by atoms with Crippen LogP contribution in [0.15, 0.2) is 66.9 Å². The number of ether oxygens (including phenoxy) is 3. The first-order valence-electron chi connectivity index (χ1n) is 10.0. The molecule has 4 rings (SSSR count). The minimum atomic E-state index is -0.601. The number of pyridine rings is 1. The predicted octanol–water partition coefficient (Wildman–Crippen LogP) is 6.28. The van der Waals surface area contributed by atoms with Crippen LogP contribution in [0.2, 0.25) is 5.02 Å². The van der Waals surface area contributed by atoms with Crippen molar-refractivity contribution in [1.82, 2.24) is 4.98 Å². The second-order valence-electron chi connectivity index (χ2n) is 7.13. The highest BCUT2D eigenvalue weighted by Crippen LogP contribution is 2.37. The first-order valence-corrected chi connectivity index (χ1v) is 10.4. The number of fused-ring (bicyclic) bond motifs is 1. The molecule has 0 atom stereocenters. The van der Waals surface area contributed by atoms with Crippen molar-refractivity contribution < 1.29 is 23.4 Å². The van der Waals surface area contributed by atoms with Gasteiger partial charge >= 0.3 is 5.97 Å². The third kappa shape index (κ3) is 5.15. The van der Waals surface area contributed by atoms with Gasteiger partial charge in [0.05, 0.1) is 23.3 Å². The Morgan fingerprint density at radius 1 is 1.03 bits per heavy atom. The van der Waals surface area contributed by atoms with E-state index in [1.807, 2.05) is 30.3 Å². The zero-order valence-electron chi connectivity index (χ0n) is 17.9. The largest absolute Gasteiger partial charge is 0.493 e. The van der Waals surface area contributed by atoms with Crippen molar-refractivity contribution >= 4 is 39.8 Å². The Morgan fingerprint density at radius 3 is 2.55 bits per heavy atom. The molecular weight excluding hydrogens is 447 g/mol. The molecule has 1 heterocycles. The normalized spacial score (nSPS) is 10.7. The van der Waals surface area contributed by atoms with Crippen LogP contribution in [0.1, 0.15) is 12.5 Å². The van der Waals surface area contributed by atoms with Gasteiger partial charge in [0.15, 0.2) is 17.2 Å². The Balaban J connectivity index is 1.67. The Bertz CT molecular complexity index is 1320. The first-order chi connectivity index (χ1) is 15.9. The number of nitrogens with zero attached hydrogens (tertiary/aromatic N) is 1. The highest BCUT2D eigenvalue weighted by molar-refractivity contribution is 6.32. The van der Waals surface area contributed by atoms with Crippen molar-refractivity contribution in [3.05, 3.63) is 83.3 Å². The number of halogens is 2. The molecule has 0 saturated heterocycles. The van der Waals surface area contributed by atoms with Crippen LogP contribution in [0.3, 0.4) is 0 Å². The SMILES string of the molecule is COc1cc2c(Nc3cc(OC(C)=O)c(Cl)cc3F)ccnc2cc1OCc1ccccc1. The second-order valence-corrected chi connectivity index (χ2v) is 7.54. The Labute approximate surface area is 194 Å². The summed E-state index contributed by atoms with van der Waals surface area (Å²) in [6.45, 7) is 1.61. The van der Waals surface area contributed by atoms with E-state index in [9.17, 15) is 9.18 Å². The van der Waals surface area contributed by atoms with Gasteiger partial charge in [0.25, 0.3) is 0 Å². The van der Waals surface area contributed by atoms with Crippen LogP contribution in [-0.2, 0) is 11.4 Å². The fourth-order valence-corrected chi connectivity index (χ4v) is 3.46. The molecule has 0 bridgehead atoms. The average Bonchev–Trinajstić information content (AvgIpc) is 2.80. The summed E-state index contributed by atoms with van der Waals surface area (Å²) in [5, 5.41) is 3.70. The van der Waals surface area contributed by atoms with Crippen LogP contribution in [0.25, 0.3) is 10.9 Å². The zero-order chi connectivity index (χ0) is 23.4. The van der Waals surface area contributed by atoms with E-state index >= 15 is 0 Å². The van der Waals surface area contributed by atoms with Gasteiger partial charge in [0, 0.05) is 36.3 Å². The third-order valence-corrected chi connectivity index (χ3v) is 5.10. The molecule has 8 heteroatoms. The number of anilines is 2. The van der Waals surface area contributed by atoms with E-state index in [-0.39, 0.29) is 16.5 Å². The molecule has 0 fully saturated rings. The first kappa shape index (κ1) is 22.4. The molecule has 168 valence electrons. The molecule has 0 spiro atoms. The summed E-state index contributed by atoms with van der Waals surface area (Å²) in [5.74, 6) is -0.0622. The maximum atomic E-state index is 14.6. The lowest BCUT2D eigenvalue weighted by molar-refractivity contribution is -0.131. The molecule has 6 nitrogen and oxygen atoms in total. The molecule has 0 aliphatic heterocycles. The lowest BCUT2D eigenvalue weighted by atomic mass is 10.1. The molecule has 33 heavy (non-hydrogen) atoms. The smallest absolute Gasteiger partial charge is 0.308 e. The van der Waals surface area contributed by atoms with Gasteiger partial charge in [-0.15, -0.1) is 0 Å². The minimum absolute atomic E-state index is 0.00490. The van der Waals surface area contributed by atoms with Crippen LogP contribution in [-0.4, -0.2) is 18.1 Å².